The fourth-order valence-electron chi connectivity index (χ4n) is 5.04. The van der Waals surface area contributed by atoms with Gasteiger partial charge in [-0.25, -0.2) is 4.39 Å². The Morgan fingerprint density at radius 2 is 2.04 bits per heavy atom. The number of hydrogen-bond donors (Lipinski definition) is 1. The fraction of sp³-hybridized carbons (Fsp3) is 0.579. The number of likely N-dealkylation sites (tertiary alicyclic amines) is 1. The van der Waals surface area contributed by atoms with Crippen LogP contribution in [0, 0.1) is 17.7 Å². The minimum absolute atomic E-state index is 0.0463. The Kier molecular flexibility index (Phi) is 4.65. The Balaban J connectivity index is 1.60. The van der Waals surface area contributed by atoms with Gasteiger partial charge in [0.15, 0.2) is 0 Å². The SMILES string of the molecule is O=C(c1cc(F)cc(Cl)c1)N1C[C@H]2C[C@@H](C1)[C@H](CO)N1C(=O)CCC[C@@H]21. The van der Waals surface area contributed by atoms with Crippen molar-refractivity contribution in [3.05, 3.63) is 34.6 Å². The Hall–Kier alpha value is -1.66. The minimum Gasteiger partial charge on any atom is -0.394 e. The van der Waals surface area contributed by atoms with E-state index in [4.69, 9.17) is 11.6 Å². The van der Waals surface area contributed by atoms with Crippen molar-refractivity contribution in [3.8, 4) is 0 Å². The van der Waals surface area contributed by atoms with Gasteiger partial charge >= 0.3 is 0 Å². The molecule has 0 saturated carbocycles. The van der Waals surface area contributed by atoms with Crippen molar-refractivity contribution in [2.24, 2.45) is 11.8 Å². The minimum atomic E-state index is -0.532. The molecule has 2 bridgehead atoms. The topological polar surface area (TPSA) is 60.9 Å². The number of carbonyl (C=O) groups excluding carboxylic acids is 2. The predicted octanol–water partition coefficient (Wildman–Crippen LogP) is 2.31. The molecule has 3 aliphatic heterocycles. The monoisotopic (exact) mass is 380 g/mol. The lowest BCUT2D eigenvalue weighted by atomic mass is 9.72. The van der Waals surface area contributed by atoms with Crippen LogP contribution in [0.2, 0.25) is 5.02 Å². The number of nitrogens with zero attached hydrogens (tertiary/aromatic N) is 2. The third-order valence-electron chi connectivity index (χ3n) is 6.08. The molecule has 5 nitrogen and oxygen atoms in total. The van der Waals surface area contributed by atoms with E-state index < -0.39 is 5.82 Å². The Bertz CT molecular complexity index is 709. The second kappa shape index (κ2) is 6.82. The van der Waals surface area contributed by atoms with E-state index in [1.807, 2.05) is 4.90 Å². The smallest absolute Gasteiger partial charge is 0.254 e. The highest BCUT2D eigenvalue weighted by Crippen LogP contribution is 2.41. The number of piperidine rings is 3. The Morgan fingerprint density at radius 1 is 1.27 bits per heavy atom. The van der Waals surface area contributed by atoms with Gasteiger partial charge in [-0.3, -0.25) is 9.59 Å². The van der Waals surface area contributed by atoms with E-state index in [0.29, 0.717) is 19.5 Å². The van der Waals surface area contributed by atoms with Crippen LogP contribution < -0.4 is 0 Å². The Morgan fingerprint density at radius 3 is 2.77 bits per heavy atom. The van der Waals surface area contributed by atoms with Gasteiger partial charge in [0.2, 0.25) is 5.91 Å². The van der Waals surface area contributed by atoms with Crippen molar-refractivity contribution in [1.29, 1.82) is 0 Å². The summed E-state index contributed by atoms with van der Waals surface area (Å²) in [4.78, 5) is 29.0. The van der Waals surface area contributed by atoms with Crippen LogP contribution in [-0.4, -0.2) is 58.5 Å². The number of aliphatic hydroxyl groups excluding tert-OH is 1. The van der Waals surface area contributed by atoms with Gasteiger partial charge in [-0.15, -0.1) is 0 Å². The molecule has 0 radical (unpaired) electrons. The van der Waals surface area contributed by atoms with Gasteiger partial charge in [0.05, 0.1) is 12.6 Å². The molecule has 0 unspecified atom stereocenters. The number of carbonyl (C=O) groups is 2. The van der Waals surface area contributed by atoms with Crippen LogP contribution in [-0.2, 0) is 4.79 Å². The highest BCUT2D eigenvalue weighted by atomic mass is 35.5. The summed E-state index contributed by atoms with van der Waals surface area (Å²) in [5.41, 5.74) is 0.243. The van der Waals surface area contributed by atoms with E-state index in [9.17, 15) is 19.1 Å². The zero-order chi connectivity index (χ0) is 18.4. The van der Waals surface area contributed by atoms with E-state index in [2.05, 4.69) is 0 Å². The molecule has 1 aromatic rings. The zero-order valence-corrected chi connectivity index (χ0v) is 15.2. The van der Waals surface area contributed by atoms with Gasteiger partial charge in [0, 0.05) is 36.1 Å². The van der Waals surface area contributed by atoms with Crippen molar-refractivity contribution in [1.82, 2.24) is 9.80 Å². The molecular formula is C19H22ClFN2O3. The van der Waals surface area contributed by atoms with E-state index >= 15 is 0 Å². The average Bonchev–Trinajstić information content (AvgIpc) is 2.61. The fourth-order valence-corrected chi connectivity index (χ4v) is 5.26. The third kappa shape index (κ3) is 2.99. The van der Waals surface area contributed by atoms with Crippen molar-refractivity contribution in [2.75, 3.05) is 19.7 Å². The quantitative estimate of drug-likeness (QED) is 0.856. The highest BCUT2D eigenvalue weighted by molar-refractivity contribution is 6.31. The molecule has 0 aliphatic carbocycles. The van der Waals surface area contributed by atoms with E-state index in [0.717, 1.165) is 19.3 Å². The van der Waals surface area contributed by atoms with Crippen LogP contribution in [0.15, 0.2) is 18.2 Å². The average molecular weight is 381 g/mol. The summed E-state index contributed by atoms with van der Waals surface area (Å²) in [6.45, 7) is 0.925. The lowest BCUT2D eigenvalue weighted by Crippen LogP contribution is -2.66. The van der Waals surface area contributed by atoms with Crippen LogP contribution in [0.1, 0.15) is 36.0 Å². The van der Waals surface area contributed by atoms with Crippen molar-refractivity contribution < 1.29 is 19.1 Å². The lowest BCUT2D eigenvalue weighted by molar-refractivity contribution is -0.154. The van der Waals surface area contributed by atoms with Crippen molar-refractivity contribution in [2.45, 2.75) is 37.8 Å². The normalized spacial score (nSPS) is 31.0. The summed E-state index contributed by atoms with van der Waals surface area (Å²) >= 11 is 5.89. The number of rotatable bonds is 2. The molecule has 4 rings (SSSR count). The first kappa shape index (κ1) is 17.7. The second-order valence-corrected chi connectivity index (χ2v) is 8.07. The molecule has 7 heteroatoms. The van der Waals surface area contributed by atoms with E-state index in [-0.39, 0.29) is 52.9 Å². The van der Waals surface area contributed by atoms with E-state index in [1.54, 1.807) is 4.90 Å². The van der Waals surface area contributed by atoms with Gasteiger partial charge in [0.25, 0.3) is 5.91 Å². The number of fused-ring (bicyclic) bond motifs is 4. The first-order chi connectivity index (χ1) is 12.5. The van der Waals surface area contributed by atoms with Gasteiger partial charge in [-0.05, 0) is 49.3 Å². The number of aliphatic hydroxyl groups is 1. The Labute approximate surface area is 156 Å². The molecular weight excluding hydrogens is 359 g/mol. The van der Waals surface area contributed by atoms with Crippen molar-refractivity contribution in [3.63, 3.8) is 0 Å². The summed E-state index contributed by atoms with van der Waals surface area (Å²) in [5, 5.41) is 10.1. The summed E-state index contributed by atoms with van der Waals surface area (Å²) in [6.07, 6.45) is 3.21. The third-order valence-corrected chi connectivity index (χ3v) is 6.30. The second-order valence-electron chi connectivity index (χ2n) is 7.63. The standard InChI is InChI=1S/C19H22ClFN2O3/c20-14-5-11(6-15(21)7-14)19(26)22-8-12-4-13(9-22)17(10-24)23-16(12)2-1-3-18(23)25/h5-7,12-13,16-17,24H,1-4,8-10H2/t12-,13+,16+,17+/m1/s1. The highest BCUT2D eigenvalue weighted by Gasteiger charge is 2.49. The molecule has 26 heavy (non-hydrogen) atoms. The van der Waals surface area contributed by atoms with Gasteiger partial charge in [-0.1, -0.05) is 11.6 Å². The van der Waals surface area contributed by atoms with Crippen LogP contribution in [0.25, 0.3) is 0 Å². The number of benzene rings is 1. The van der Waals surface area contributed by atoms with Crippen LogP contribution in [0.4, 0.5) is 4.39 Å². The largest absolute Gasteiger partial charge is 0.394 e. The molecule has 3 fully saturated rings. The molecule has 0 spiro atoms. The number of amides is 2. The van der Waals surface area contributed by atoms with E-state index in [1.165, 1.54) is 18.2 Å². The molecule has 0 aromatic heterocycles. The molecule has 2 amide bonds. The van der Waals surface area contributed by atoms with Gasteiger partial charge < -0.3 is 14.9 Å². The molecule has 4 atom stereocenters. The predicted molar refractivity (Wildman–Crippen MR) is 94.3 cm³/mol. The van der Waals surface area contributed by atoms with Gasteiger partial charge in [-0.2, -0.15) is 0 Å². The summed E-state index contributed by atoms with van der Waals surface area (Å²) in [7, 11) is 0. The van der Waals surface area contributed by atoms with Crippen LogP contribution in [0.3, 0.4) is 0 Å². The molecule has 140 valence electrons. The molecule has 3 heterocycles. The molecule has 1 aromatic carbocycles. The lowest BCUT2D eigenvalue weighted by Gasteiger charge is -2.56. The maximum atomic E-state index is 13.6. The van der Waals surface area contributed by atoms with Crippen molar-refractivity contribution >= 4 is 23.4 Å². The summed E-state index contributed by atoms with van der Waals surface area (Å²) in [5.74, 6) is -0.408. The first-order valence-corrected chi connectivity index (χ1v) is 9.53. The molecule has 3 saturated heterocycles. The van der Waals surface area contributed by atoms with Crippen LogP contribution in [0.5, 0.6) is 0 Å². The summed E-state index contributed by atoms with van der Waals surface area (Å²) < 4.78 is 13.6. The molecule has 3 aliphatic rings. The van der Waals surface area contributed by atoms with Crippen LogP contribution >= 0.6 is 11.6 Å². The van der Waals surface area contributed by atoms with Gasteiger partial charge in [0.1, 0.15) is 5.82 Å². The first-order valence-electron chi connectivity index (χ1n) is 9.15. The maximum absolute atomic E-state index is 13.6. The maximum Gasteiger partial charge on any atom is 0.254 e. The summed E-state index contributed by atoms with van der Waals surface area (Å²) in [6, 6.07) is 3.71. The number of hydrogen-bond acceptors (Lipinski definition) is 3. The zero-order valence-electron chi connectivity index (χ0n) is 14.4. The number of halogens is 2. The molecule has 1 N–H and O–H groups in total.